The van der Waals surface area contributed by atoms with E-state index in [0.717, 1.165) is 5.56 Å². The molecule has 0 radical (unpaired) electrons. The second-order valence-corrected chi connectivity index (χ2v) is 7.63. The molecule has 0 saturated carbocycles. The Hall–Kier alpha value is -4.82. The maximum Gasteiger partial charge on any atom is 0.362 e. The molecular formula is C24H20ClN5O6. The normalized spacial score (nSPS) is 10.8. The molecule has 0 spiro atoms. The van der Waals surface area contributed by atoms with Crippen molar-refractivity contribution in [3.63, 3.8) is 0 Å². The van der Waals surface area contributed by atoms with Crippen LogP contribution in [-0.2, 0) is 11.2 Å². The first-order valence-corrected chi connectivity index (χ1v) is 10.5. The third-order valence-corrected chi connectivity index (χ3v) is 5.24. The Morgan fingerprint density at radius 3 is 2.47 bits per heavy atom. The number of ether oxygens (including phenoxy) is 2. The van der Waals surface area contributed by atoms with Crippen molar-refractivity contribution in [3.05, 3.63) is 69.4 Å². The van der Waals surface area contributed by atoms with Crippen molar-refractivity contribution in [1.29, 1.82) is 0 Å². The number of carbonyl (C=O) groups excluding carboxylic acids is 1. The highest BCUT2D eigenvalue weighted by Crippen LogP contribution is 2.33. The summed E-state index contributed by atoms with van der Waals surface area (Å²) in [5, 5.41) is 20.2. The molecule has 3 aromatic rings. The van der Waals surface area contributed by atoms with Gasteiger partial charge in [0, 0.05) is 29.3 Å². The van der Waals surface area contributed by atoms with E-state index in [-0.39, 0.29) is 22.4 Å². The van der Waals surface area contributed by atoms with Crippen molar-refractivity contribution < 1.29 is 29.4 Å². The van der Waals surface area contributed by atoms with Gasteiger partial charge in [-0.05, 0) is 35.9 Å². The van der Waals surface area contributed by atoms with Gasteiger partial charge in [0.25, 0.3) is 0 Å². The van der Waals surface area contributed by atoms with Crippen molar-refractivity contribution in [2.45, 2.75) is 6.42 Å². The van der Waals surface area contributed by atoms with Gasteiger partial charge in [0.2, 0.25) is 17.4 Å². The summed E-state index contributed by atoms with van der Waals surface area (Å²) < 4.78 is 10.9. The number of methoxy groups -OCH3 is 2. The minimum Gasteiger partial charge on any atom is -0.493 e. The van der Waals surface area contributed by atoms with E-state index >= 15 is 0 Å². The molecule has 1 aromatic heterocycles. The molecule has 0 aliphatic carbocycles. The highest BCUT2D eigenvalue weighted by molar-refractivity contribution is 6.68. The molecule has 6 N–H and O–H groups in total. The molecule has 0 aliphatic rings. The van der Waals surface area contributed by atoms with E-state index in [2.05, 4.69) is 27.0 Å². The van der Waals surface area contributed by atoms with Crippen LogP contribution < -0.4 is 20.9 Å². The second-order valence-electron chi connectivity index (χ2n) is 7.22. The van der Waals surface area contributed by atoms with Crippen LogP contribution in [0.3, 0.4) is 0 Å². The third-order valence-electron chi connectivity index (χ3n) is 4.92. The van der Waals surface area contributed by atoms with Crippen LogP contribution in [-0.4, -0.2) is 52.0 Å². The molecule has 1 heterocycles. The monoisotopic (exact) mass is 509 g/mol. The van der Waals surface area contributed by atoms with Crippen LogP contribution in [0.2, 0.25) is 5.02 Å². The van der Waals surface area contributed by atoms with Crippen LogP contribution >= 0.6 is 11.6 Å². The maximum atomic E-state index is 12.3. The quantitative estimate of drug-likeness (QED) is 0.0920. The zero-order valence-electron chi connectivity index (χ0n) is 19.1. The van der Waals surface area contributed by atoms with Crippen molar-refractivity contribution in [1.82, 2.24) is 9.97 Å². The van der Waals surface area contributed by atoms with Gasteiger partial charge in [-0.3, -0.25) is 4.79 Å². The fourth-order valence-corrected chi connectivity index (χ4v) is 3.50. The number of hydrogen-bond donors (Lipinski definition) is 4. The molecule has 0 atom stereocenters. The van der Waals surface area contributed by atoms with Crippen LogP contribution in [0.5, 0.6) is 11.5 Å². The van der Waals surface area contributed by atoms with Gasteiger partial charge in [-0.25, -0.2) is 9.78 Å². The first-order chi connectivity index (χ1) is 17.2. The number of carbonyl (C=O) groups is 2. The zero-order chi connectivity index (χ0) is 26.4. The number of aliphatic carboxylic acids is 1. The number of nitrogens with two attached hydrogens (primary N) is 2. The summed E-state index contributed by atoms with van der Waals surface area (Å²) in [6.07, 6.45) is 1.92. The lowest BCUT2D eigenvalue weighted by Crippen LogP contribution is -2.24. The summed E-state index contributed by atoms with van der Waals surface area (Å²) in [4.78, 5) is 31.3. The number of aromatic nitrogens is 2. The first kappa shape index (κ1) is 25.8. The van der Waals surface area contributed by atoms with Crippen molar-refractivity contribution >= 4 is 40.8 Å². The fourth-order valence-electron chi connectivity index (χ4n) is 3.24. The van der Waals surface area contributed by atoms with Gasteiger partial charge in [0.15, 0.2) is 11.5 Å². The van der Waals surface area contributed by atoms with Crippen molar-refractivity contribution in [2.75, 3.05) is 25.7 Å². The van der Waals surface area contributed by atoms with Gasteiger partial charge in [0.1, 0.15) is 5.82 Å². The second kappa shape index (κ2) is 11.1. The number of ketones is 1. The predicted molar refractivity (Wildman–Crippen MR) is 132 cm³/mol. The van der Waals surface area contributed by atoms with Crippen LogP contribution in [0.1, 0.15) is 32.6 Å². The summed E-state index contributed by atoms with van der Waals surface area (Å²) >= 11 is 6.16. The number of oxime groups is 1. The summed E-state index contributed by atoms with van der Waals surface area (Å²) in [7, 11) is 2.98. The SMILES string of the molecule is COc1cc(Cc2cnc(N)nc2N)cc(C#Cc2ccc(C(=O)C(=NO)C(=O)O)c(Cl)c2)c1OC. The highest BCUT2D eigenvalue weighted by Gasteiger charge is 2.24. The number of carboxylic acids is 1. The van der Waals surface area contributed by atoms with Gasteiger partial charge >= 0.3 is 5.97 Å². The van der Waals surface area contributed by atoms with Crippen LogP contribution in [0.25, 0.3) is 0 Å². The number of rotatable bonds is 7. The number of halogens is 1. The zero-order valence-corrected chi connectivity index (χ0v) is 19.8. The molecule has 0 fully saturated rings. The molecule has 0 bridgehead atoms. The summed E-state index contributed by atoms with van der Waals surface area (Å²) in [5.41, 5.74) is 12.7. The lowest BCUT2D eigenvalue weighted by molar-refractivity contribution is -0.129. The Labute approximate surface area is 210 Å². The number of anilines is 2. The largest absolute Gasteiger partial charge is 0.493 e. The number of nitrogens with zero attached hydrogens (tertiary/aromatic N) is 3. The standard InChI is InChI=1S/C24H20ClN5O6/c1-35-18-10-13(8-15-11-28-24(27)29-22(15)26)7-14(21(18)36-2)5-3-12-4-6-16(17(25)9-12)20(31)19(30-34)23(32)33/h4,6-7,9-11,34H,8H2,1-2H3,(H,32,33)(H4,26,27,28,29). The molecule has 12 heteroatoms. The maximum absolute atomic E-state index is 12.3. The van der Waals surface area contributed by atoms with E-state index < -0.39 is 17.5 Å². The predicted octanol–water partition coefficient (Wildman–Crippen LogP) is 2.40. The number of carboxylic acid groups (broad SMARTS) is 1. The van der Waals surface area contributed by atoms with Gasteiger partial charge in [-0.15, -0.1) is 0 Å². The topological polar surface area (TPSA) is 183 Å². The smallest absolute Gasteiger partial charge is 0.362 e. The molecule has 2 aromatic carbocycles. The number of benzene rings is 2. The molecule has 36 heavy (non-hydrogen) atoms. The Balaban J connectivity index is 1.99. The van der Waals surface area contributed by atoms with Crippen LogP contribution in [0.15, 0.2) is 41.7 Å². The molecule has 11 nitrogen and oxygen atoms in total. The van der Waals surface area contributed by atoms with E-state index in [4.69, 9.17) is 42.9 Å². The number of nitrogen functional groups attached to an aromatic ring is 2. The molecule has 0 aliphatic heterocycles. The minimum absolute atomic E-state index is 0.0636. The Morgan fingerprint density at radius 2 is 1.89 bits per heavy atom. The Morgan fingerprint density at radius 1 is 1.14 bits per heavy atom. The van der Waals surface area contributed by atoms with Gasteiger partial charge in [-0.2, -0.15) is 4.98 Å². The molecular weight excluding hydrogens is 490 g/mol. The van der Waals surface area contributed by atoms with Gasteiger partial charge in [0.05, 0.1) is 24.8 Å². The third kappa shape index (κ3) is 5.63. The van der Waals surface area contributed by atoms with E-state index in [1.54, 1.807) is 18.3 Å². The molecule has 0 unspecified atom stereocenters. The average molecular weight is 510 g/mol. The van der Waals surface area contributed by atoms with Gasteiger partial charge in [-0.1, -0.05) is 28.6 Å². The molecule has 184 valence electrons. The Bertz CT molecular complexity index is 1440. The summed E-state index contributed by atoms with van der Waals surface area (Å²) in [6.45, 7) is 0. The molecule has 3 rings (SSSR count). The van der Waals surface area contributed by atoms with Gasteiger partial charge < -0.3 is 31.3 Å². The van der Waals surface area contributed by atoms with Crippen molar-refractivity contribution in [2.24, 2.45) is 5.16 Å². The van der Waals surface area contributed by atoms with E-state index in [1.165, 1.54) is 32.4 Å². The van der Waals surface area contributed by atoms with Crippen LogP contribution in [0, 0.1) is 11.8 Å². The average Bonchev–Trinajstić information content (AvgIpc) is 2.84. The lowest BCUT2D eigenvalue weighted by atomic mass is 10.0. The Kier molecular flexibility index (Phi) is 7.93. The summed E-state index contributed by atoms with van der Waals surface area (Å²) in [5.74, 6) is 4.37. The molecule has 0 saturated heterocycles. The minimum atomic E-state index is -1.68. The van der Waals surface area contributed by atoms with E-state index in [9.17, 15) is 9.59 Å². The lowest BCUT2D eigenvalue weighted by Gasteiger charge is -2.13. The van der Waals surface area contributed by atoms with E-state index in [0.29, 0.717) is 34.6 Å². The van der Waals surface area contributed by atoms with Crippen LogP contribution in [0.4, 0.5) is 11.8 Å². The number of Topliss-reactive ketones (excluding diaryl/α,β-unsaturated/α-hetero) is 1. The van der Waals surface area contributed by atoms with Crippen molar-refractivity contribution in [3.8, 4) is 23.3 Å². The van der Waals surface area contributed by atoms with E-state index in [1.807, 2.05) is 0 Å². The highest BCUT2D eigenvalue weighted by atomic mass is 35.5. The first-order valence-electron chi connectivity index (χ1n) is 10.1. The fraction of sp³-hybridized carbons (Fsp3) is 0.125. The summed E-state index contributed by atoms with van der Waals surface area (Å²) in [6, 6.07) is 7.72. The number of hydrogen-bond acceptors (Lipinski definition) is 10. The molecule has 0 amide bonds.